The largest absolute Gasteiger partial charge is 0.496 e. The quantitative estimate of drug-likeness (QED) is 0.587. The van der Waals surface area contributed by atoms with Gasteiger partial charge in [-0.05, 0) is 6.07 Å². The fourth-order valence-electron chi connectivity index (χ4n) is 1.17. The predicted molar refractivity (Wildman–Crippen MR) is 53.5 cm³/mol. The molecular weight excluding hydrogens is 200 g/mol. The molecule has 0 radical (unpaired) electrons. The predicted octanol–water partition coefficient (Wildman–Crippen LogP) is 1.25. The van der Waals surface area contributed by atoms with Crippen LogP contribution in [0.5, 0.6) is 5.75 Å². The summed E-state index contributed by atoms with van der Waals surface area (Å²) in [5.41, 5.74) is 3.31. The van der Waals surface area contributed by atoms with E-state index in [-0.39, 0.29) is 5.69 Å². The molecule has 0 spiro atoms. The Morgan fingerprint density at radius 1 is 1.47 bits per heavy atom. The first-order valence-corrected chi connectivity index (χ1v) is 4.26. The Bertz CT molecular complexity index is 354. The normalized spacial score (nSPS) is 10.0. The summed E-state index contributed by atoms with van der Waals surface area (Å²) in [5.74, 6) is 0.588. The molecule has 0 aliphatic rings. The van der Waals surface area contributed by atoms with Gasteiger partial charge in [0, 0.05) is 24.2 Å². The van der Waals surface area contributed by atoms with Crippen LogP contribution < -0.4 is 10.2 Å². The Hall–Kier alpha value is -1.66. The summed E-state index contributed by atoms with van der Waals surface area (Å²) in [6, 6.07) is 4.41. The molecule has 82 valence electrons. The average molecular weight is 212 g/mol. The number of nitro benzene ring substituents is 1. The second-order valence-electron chi connectivity index (χ2n) is 2.78. The van der Waals surface area contributed by atoms with Gasteiger partial charge in [0.25, 0.3) is 5.69 Å². The van der Waals surface area contributed by atoms with Crippen LogP contribution >= 0.6 is 0 Å². The second-order valence-corrected chi connectivity index (χ2v) is 2.78. The molecule has 1 aromatic carbocycles. The molecule has 6 heteroatoms. The molecule has 15 heavy (non-hydrogen) atoms. The molecule has 0 bridgehead atoms. The summed E-state index contributed by atoms with van der Waals surface area (Å²) in [7, 11) is 2.99. The number of hydrogen-bond donors (Lipinski definition) is 1. The molecule has 0 saturated carbocycles. The number of rotatable bonds is 5. The number of nitrogens with one attached hydrogen (secondary N) is 1. The lowest BCUT2D eigenvalue weighted by molar-refractivity contribution is -0.384. The highest BCUT2D eigenvalue weighted by atomic mass is 16.6. The van der Waals surface area contributed by atoms with Crippen LogP contribution in [0.1, 0.15) is 5.56 Å². The summed E-state index contributed by atoms with van der Waals surface area (Å²) in [4.78, 5) is 14.8. The van der Waals surface area contributed by atoms with E-state index in [1.807, 2.05) is 0 Å². The molecule has 0 saturated heterocycles. The Morgan fingerprint density at radius 3 is 2.73 bits per heavy atom. The zero-order chi connectivity index (χ0) is 11.3. The molecule has 1 rings (SSSR count). The van der Waals surface area contributed by atoms with E-state index in [9.17, 15) is 10.1 Å². The lowest BCUT2D eigenvalue weighted by atomic mass is 10.2. The first-order chi connectivity index (χ1) is 7.19. The van der Waals surface area contributed by atoms with E-state index >= 15 is 0 Å². The lowest BCUT2D eigenvalue weighted by Crippen LogP contribution is -2.11. The SMILES string of the molecule is CONCc1cc([N+](=O)[O-])ccc1OC. The van der Waals surface area contributed by atoms with Crippen molar-refractivity contribution in [2.24, 2.45) is 0 Å². The van der Waals surface area contributed by atoms with Crippen molar-refractivity contribution in [2.45, 2.75) is 6.54 Å². The number of non-ortho nitro benzene ring substituents is 1. The maximum absolute atomic E-state index is 10.5. The van der Waals surface area contributed by atoms with Gasteiger partial charge in [0.05, 0.1) is 19.1 Å². The molecule has 0 aromatic heterocycles. The molecule has 0 heterocycles. The molecular formula is C9H12N2O4. The highest BCUT2D eigenvalue weighted by molar-refractivity contribution is 5.43. The molecule has 0 atom stereocenters. The van der Waals surface area contributed by atoms with E-state index in [4.69, 9.17) is 4.74 Å². The zero-order valence-electron chi connectivity index (χ0n) is 8.52. The lowest BCUT2D eigenvalue weighted by Gasteiger charge is -2.07. The van der Waals surface area contributed by atoms with Gasteiger partial charge in [-0.1, -0.05) is 0 Å². The van der Waals surface area contributed by atoms with Gasteiger partial charge >= 0.3 is 0 Å². The van der Waals surface area contributed by atoms with Gasteiger partial charge < -0.3 is 9.57 Å². The number of nitro groups is 1. The summed E-state index contributed by atoms with van der Waals surface area (Å²) in [6.07, 6.45) is 0. The van der Waals surface area contributed by atoms with E-state index in [2.05, 4.69) is 10.3 Å². The van der Waals surface area contributed by atoms with Crippen LogP contribution in [0.15, 0.2) is 18.2 Å². The van der Waals surface area contributed by atoms with Gasteiger partial charge in [-0.15, -0.1) is 0 Å². The van der Waals surface area contributed by atoms with Crippen LogP contribution in [0.3, 0.4) is 0 Å². The van der Waals surface area contributed by atoms with Crippen LogP contribution in [0, 0.1) is 10.1 Å². The second kappa shape index (κ2) is 5.28. The van der Waals surface area contributed by atoms with Crippen LogP contribution in [0.4, 0.5) is 5.69 Å². The van der Waals surface area contributed by atoms with Crippen molar-refractivity contribution >= 4 is 5.69 Å². The minimum Gasteiger partial charge on any atom is -0.496 e. The van der Waals surface area contributed by atoms with Crippen LogP contribution in [-0.4, -0.2) is 19.1 Å². The average Bonchev–Trinajstić information content (AvgIpc) is 2.25. The number of nitrogens with zero attached hydrogens (tertiary/aromatic N) is 1. The van der Waals surface area contributed by atoms with Gasteiger partial charge in [-0.3, -0.25) is 10.1 Å². The van der Waals surface area contributed by atoms with Crippen molar-refractivity contribution in [3.05, 3.63) is 33.9 Å². The third-order valence-electron chi connectivity index (χ3n) is 1.88. The number of benzene rings is 1. The Labute approximate surface area is 86.9 Å². The molecule has 0 unspecified atom stereocenters. The van der Waals surface area contributed by atoms with Crippen molar-refractivity contribution in [1.82, 2.24) is 5.48 Å². The Morgan fingerprint density at radius 2 is 2.20 bits per heavy atom. The molecule has 0 fully saturated rings. The highest BCUT2D eigenvalue weighted by Gasteiger charge is 2.10. The van der Waals surface area contributed by atoms with Crippen LogP contribution in [0.25, 0.3) is 0 Å². The van der Waals surface area contributed by atoms with Gasteiger partial charge in [-0.25, -0.2) is 0 Å². The molecule has 6 nitrogen and oxygen atoms in total. The fourth-order valence-corrected chi connectivity index (χ4v) is 1.17. The third kappa shape index (κ3) is 2.90. The summed E-state index contributed by atoms with van der Waals surface area (Å²) in [5, 5.41) is 10.5. The summed E-state index contributed by atoms with van der Waals surface area (Å²) in [6.45, 7) is 0.349. The van der Waals surface area contributed by atoms with Crippen molar-refractivity contribution in [2.75, 3.05) is 14.2 Å². The van der Waals surface area contributed by atoms with Gasteiger partial charge in [0.1, 0.15) is 5.75 Å². The van der Waals surface area contributed by atoms with Crippen molar-refractivity contribution in [3.63, 3.8) is 0 Å². The molecule has 1 aromatic rings. The van der Waals surface area contributed by atoms with E-state index < -0.39 is 4.92 Å². The van der Waals surface area contributed by atoms with Crippen LogP contribution in [-0.2, 0) is 11.4 Å². The van der Waals surface area contributed by atoms with E-state index in [1.54, 1.807) is 6.07 Å². The highest BCUT2D eigenvalue weighted by Crippen LogP contribution is 2.23. The van der Waals surface area contributed by atoms with Crippen molar-refractivity contribution in [3.8, 4) is 5.75 Å². The maximum Gasteiger partial charge on any atom is 0.270 e. The first-order valence-electron chi connectivity index (χ1n) is 4.26. The standard InChI is InChI=1S/C9H12N2O4/c1-14-9-4-3-8(11(12)13)5-7(9)6-10-15-2/h3-5,10H,6H2,1-2H3. The number of ether oxygens (including phenoxy) is 1. The zero-order valence-corrected chi connectivity index (χ0v) is 8.52. The fraction of sp³-hybridized carbons (Fsp3) is 0.333. The van der Waals surface area contributed by atoms with E-state index in [1.165, 1.54) is 26.4 Å². The van der Waals surface area contributed by atoms with Gasteiger partial charge in [0.15, 0.2) is 0 Å². The smallest absolute Gasteiger partial charge is 0.270 e. The monoisotopic (exact) mass is 212 g/mol. The first kappa shape index (κ1) is 11.4. The van der Waals surface area contributed by atoms with Crippen molar-refractivity contribution in [1.29, 1.82) is 0 Å². The minimum atomic E-state index is -0.449. The minimum absolute atomic E-state index is 0.0312. The van der Waals surface area contributed by atoms with Gasteiger partial charge in [0.2, 0.25) is 0 Å². The topological polar surface area (TPSA) is 73.6 Å². The molecule has 0 amide bonds. The maximum atomic E-state index is 10.5. The van der Waals surface area contributed by atoms with E-state index in [0.717, 1.165) is 0 Å². The van der Waals surface area contributed by atoms with Gasteiger partial charge in [-0.2, -0.15) is 5.48 Å². The number of hydrogen-bond acceptors (Lipinski definition) is 5. The van der Waals surface area contributed by atoms with Crippen LogP contribution in [0.2, 0.25) is 0 Å². The summed E-state index contributed by atoms with van der Waals surface area (Å²) >= 11 is 0. The van der Waals surface area contributed by atoms with E-state index in [0.29, 0.717) is 17.9 Å². The number of methoxy groups -OCH3 is 1. The molecule has 0 aliphatic heterocycles. The third-order valence-corrected chi connectivity index (χ3v) is 1.88. The molecule has 0 aliphatic carbocycles. The Balaban J connectivity index is 2.96. The van der Waals surface area contributed by atoms with Crippen molar-refractivity contribution < 1.29 is 14.5 Å². The Kier molecular flexibility index (Phi) is 4.02. The number of hydroxylamine groups is 1. The molecule has 1 N–H and O–H groups in total. The summed E-state index contributed by atoms with van der Waals surface area (Å²) < 4.78 is 5.06.